The van der Waals surface area contributed by atoms with Gasteiger partial charge in [-0.05, 0) is 37.8 Å². The van der Waals surface area contributed by atoms with Crippen molar-refractivity contribution in [2.24, 2.45) is 5.92 Å². The fourth-order valence-electron chi connectivity index (χ4n) is 1.73. The minimum atomic E-state index is -4.05. The molecule has 114 valence electrons. The molecule has 3 N–H and O–H groups in total. The van der Waals surface area contributed by atoms with E-state index in [1.54, 1.807) is 6.92 Å². The van der Waals surface area contributed by atoms with Gasteiger partial charge >= 0.3 is 0 Å². The van der Waals surface area contributed by atoms with Gasteiger partial charge in [-0.25, -0.2) is 21.9 Å². The van der Waals surface area contributed by atoms with Gasteiger partial charge < -0.3 is 5.73 Å². The van der Waals surface area contributed by atoms with E-state index in [2.05, 4.69) is 4.72 Å². The molecule has 4 nitrogen and oxygen atoms in total. The van der Waals surface area contributed by atoms with Gasteiger partial charge in [-0.2, -0.15) is 0 Å². The van der Waals surface area contributed by atoms with E-state index in [4.69, 9.17) is 5.73 Å². The van der Waals surface area contributed by atoms with Gasteiger partial charge in [0.1, 0.15) is 16.4 Å². The third-order valence-electron chi connectivity index (χ3n) is 2.91. The number of nitrogen functional groups attached to an aromatic ring is 1. The molecule has 20 heavy (non-hydrogen) atoms. The Morgan fingerprint density at radius 2 is 1.80 bits per heavy atom. The average molecular weight is 306 g/mol. The Balaban J connectivity index is 2.92. The largest absolute Gasteiger partial charge is 0.394 e. The first-order valence-corrected chi connectivity index (χ1v) is 7.89. The minimum absolute atomic E-state index is 0.340. The van der Waals surface area contributed by atoms with Crippen LogP contribution < -0.4 is 10.5 Å². The molecule has 1 aromatic rings. The Morgan fingerprint density at radius 3 is 2.35 bits per heavy atom. The van der Waals surface area contributed by atoms with Crippen LogP contribution in [0.1, 0.15) is 33.6 Å². The van der Waals surface area contributed by atoms with Crippen LogP contribution in [0.25, 0.3) is 0 Å². The highest BCUT2D eigenvalue weighted by molar-refractivity contribution is 7.89. The number of sulfonamides is 1. The minimum Gasteiger partial charge on any atom is -0.394 e. The van der Waals surface area contributed by atoms with Crippen LogP contribution >= 0.6 is 0 Å². The second-order valence-electron chi connectivity index (χ2n) is 5.27. The van der Waals surface area contributed by atoms with Crippen molar-refractivity contribution < 1.29 is 17.2 Å². The van der Waals surface area contributed by atoms with Crippen molar-refractivity contribution in [2.45, 2.75) is 44.6 Å². The number of anilines is 1. The van der Waals surface area contributed by atoms with Gasteiger partial charge in [0.25, 0.3) is 0 Å². The summed E-state index contributed by atoms with van der Waals surface area (Å²) in [6, 6.07) is 1.37. The van der Waals surface area contributed by atoms with E-state index >= 15 is 0 Å². The predicted octanol–water partition coefficient (Wildman–Crippen LogP) is 2.65. The first-order valence-electron chi connectivity index (χ1n) is 6.41. The third kappa shape index (κ3) is 4.14. The molecule has 0 aliphatic heterocycles. The first-order chi connectivity index (χ1) is 9.15. The van der Waals surface area contributed by atoms with E-state index in [0.717, 1.165) is 18.6 Å². The number of nitrogens with two attached hydrogens (primary N) is 1. The maximum Gasteiger partial charge on any atom is 0.243 e. The molecule has 0 spiro atoms. The lowest BCUT2D eigenvalue weighted by atomic mass is 10.1. The van der Waals surface area contributed by atoms with E-state index < -0.39 is 32.2 Å². The Bertz CT molecular complexity index is 574. The molecule has 0 bridgehead atoms. The molecular formula is C13H20F2N2O2S. The molecule has 1 unspecified atom stereocenters. The zero-order valence-corrected chi connectivity index (χ0v) is 12.6. The monoisotopic (exact) mass is 306 g/mol. The van der Waals surface area contributed by atoms with E-state index in [-0.39, 0.29) is 6.04 Å². The predicted molar refractivity (Wildman–Crippen MR) is 74.6 cm³/mol. The van der Waals surface area contributed by atoms with E-state index in [1.807, 2.05) is 13.8 Å². The number of nitrogens with one attached hydrogen (secondary N) is 1. The van der Waals surface area contributed by atoms with E-state index in [9.17, 15) is 17.2 Å². The van der Waals surface area contributed by atoms with E-state index in [0.29, 0.717) is 12.3 Å². The second kappa shape index (κ2) is 6.49. The standard InChI is InChI=1S/C13H20F2N2O2S/c1-8(2)4-5-9(3)17-20(18,19)11-7-6-10(14)13(16)12(11)15/h6-9,17H,4-5,16H2,1-3H3. The summed E-state index contributed by atoms with van der Waals surface area (Å²) >= 11 is 0. The van der Waals surface area contributed by atoms with Crippen LogP contribution in [0.3, 0.4) is 0 Å². The molecule has 7 heteroatoms. The molecule has 0 radical (unpaired) electrons. The maximum absolute atomic E-state index is 13.7. The number of hydrogen-bond donors (Lipinski definition) is 2. The van der Waals surface area contributed by atoms with Crippen LogP contribution in [0.15, 0.2) is 17.0 Å². The highest BCUT2D eigenvalue weighted by Crippen LogP contribution is 2.23. The van der Waals surface area contributed by atoms with Gasteiger partial charge in [0.2, 0.25) is 10.0 Å². The Morgan fingerprint density at radius 1 is 1.20 bits per heavy atom. The highest BCUT2D eigenvalue weighted by atomic mass is 32.2. The van der Waals surface area contributed by atoms with Crippen molar-refractivity contribution in [3.63, 3.8) is 0 Å². The molecule has 0 saturated heterocycles. The Labute approximate surface area is 118 Å². The summed E-state index contributed by atoms with van der Waals surface area (Å²) in [7, 11) is -4.05. The van der Waals surface area contributed by atoms with Gasteiger partial charge in [-0.1, -0.05) is 13.8 Å². The highest BCUT2D eigenvalue weighted by Gasteiger charge is 2.24. The van der Waals surface area contributed by atoms with Gasteiger partial charge in [-0.15, -0.1) is 0 Å². The van der Waals surface area contributed by atoms with Gasteiger partial charge in [0.05, 0.1) is 0 Å². The van der Waals surface area contributed by atoms with Crippen molar-refractivity contribution in [1.29, 1.82) is 0 Å². The number of halogens is 2. The quantitative estimate of drug-likeness (QED) is 0.794. The fraction of sp³-hybridized carbons (Fsp3) is 0.538. The number of rotatable bonds is 6. The molecule has 1 aromatic carbocycles. The summed E-state index contributed by atoms with van der Waals surface area (Å²) in [5.41, 5.74) is 4.38. The van der Waals surface area contributed by atoms with Crippen LogP contribution in [0, 0.1) is 17.6 Å². The maximum atomic E-state index is 13.7. The zero-order chi connectivity index (χ0) is 15.5. The van der Waals surface area contributed by atoms with Crippen LogP contribution in [0.4, 0.5) is 14.5 Å². The Kier molecular flexibility index (Phi) is 5.47. The van der Waals surface area contributed by atoms with Crippen LogP contribution in [-0.2, 0) is 10.0 Å². The van der Waals surface area contributed by atoms with Crippen LogP contribution in [-0.4, -0.2) is 14.5 Å². The van der Waals surface area contributed by atoms with E-state index in [1.165, 1.54) is 0 Å². The summed E-state index contributed by atoms with van der Waals surface area (Å²) in [5, 5.41) is 0. The average Bonchev–Trinajstić information content (AvgIpc) is 2.32. The van der Waals surface area contributed by atoms with Crippen molar-refractivity contribution >= 4 is 15.7 Å². The molecular weight excluding hydrogens is 286 g/mol. The lowest BCUT2D eigenvalue weighted by molar-refractivity contribution is 0.482. The lowest BCUT2D eigenvalue weighted by Crippen LogP contribution is -2.33. The third-order valence-corrected chi connectivity index (χ3v) is 4.52. The normalized spacial score (nSPS) is 13.7. The van der Waals surface area contributed by atoms with Crippen molar-refractivity contribution in [1.82, 2.24) is 4.72 Å². The molecule has 0 aliphatic rings. The fourth-order valence-corrected chi connectivity index (χ4v) is 3.10. The van der Waals surface area contributed by atoms with Crippen molar-refractivity contribution in [2.75, 3.05) is 5.73 Å². The van der Waals surface area contributed by atoms with Gasteiger partial charge in [-0.3, -0.25) is 0 Å². The number of hydrogen-bond acceptors (Lipinski definition) is 3. The van der Waals surface area contributed by atoms with Gasteiger partial charge in [0.15, 0.2) is 5.82 Å². The van der Waals surface area contributed by atoms with Gasteiger partial charge in [0, 0.05) is 6.04 Å². The molecule has 0 heterocycles. The lowest BCUT2D eigenvalue weighted by Gasteiger charge is -2.16. The molecule has 0 aliphatic carbocycles. The van der Waals surface area contributed by atoms with Crippen molar-refractivity contribution in [3.8, 4) is 0 Å². The SMILES string of the molecule is CC(C)CCC(C)NS(=O)(=O)c1ccc(F)c(N)c1F. The molecule has 1 rings (SSSR count). The molecule has 0 fully saturated rings. The van der Waals surface area contributed by atoms with Crippen LogP contribution in [0.5, 0.6) is 0 Å². The zero-order valence-electron chi connectivity index (χ0n) is 11.8. The summed E-state index contributed by atoms with van der Waals surface area (Å²) in [6.45, 7) is 5.76. The van der Waals surface area contributed by atoms with Crippen LogP contribution in [0.2, 0.25) is 0 Å². The smallest absolute Gasteiger partial charge is 0.243 e. The number of benzene rings is 1. The second-order valence-corrected chi connectivity index (χ2v) is 6.95. The molecule has 0 saturated carbocycles. The first kappa shape index (κ1) is 16.8. The molecule has 1 atom stereocenters. The topological polar surface area (TPSA) is 72.2 Å². The molecule has 0 aromatic heterocycles. The summed E-state index contributed by atoms with van der Waals surface area (Å²) < 4.78 is 53.2. The summed E-state index contributed by atoms with van der Waals surface area (Å²) in [4.78, 5) is -0.632. The Hall–Kier alpha value is -1.21. The summed E-state index contributed by atoms with van der Waals surface area (Å²) in [5.74, 6) is -1.79. The van der Waals surface area contributed by atoms with Crippen molar-refractivity contribution in [3.05, 3.63) is 23.8 Å². The summed E-state index contributed by atoms with van der Waals surface area (Å²) in [6.07, 6.45) is 1.48. The molecule has 0 amide bonds.